The van der Waals surface area contributed by atoms with Crippen molar-refractivity contribution in [2.45, 2.75) is 76.9 Å². The summed E-state index contributed by atoms with van der Waals surface area (Å²) in [6.45, 7) is 3.61. The molecular weight excluding hydrogens is 728 g/mol. The molecule has 0 spiro atoms. The van der Waals surface area contributed by atoms with Crippen LogP contribution in [0.25, 0.3) is 0 Å². The average molecular weight is 785 g/mol. The van der Waals surface area contributed by atoms with E-state index in [2.05, 4.69) is 96.4 Å². The summed E-state index contributed by atoms with van der Waals surface area (Å²) in [5.74, 6) is -1.04. The first kappa shape index (κ1) is 43.3. The van der Waals surface area contributed by atoms with E-state index < -0.39 is 19.2 Å². The summed E-state index contributed by atoms with van der Waals surface area (Å²) >= 11 is 5.27. The fourth-order valence-electron chi connectivity index (χ4n) is 7.65. The van der Waals surface area contributed by atoms with Crippen LogP contribution in [0.4, 0.5) is 0 Å². The van der Waals surface area contributed by atoms with Gasteiger partial charge in [-0.2, -0.15) is 0 Å². The Bertz CT molecular complexity index is 1640. The van der Waals surface area contributed by atoms with Gasteiger partial charge in [-0.1, -0.05) is 50.2 Å². The number of carbonyl (C=O) groups is 3. The molecule has 1 amide bonds. The molecule has 3 aromatic rings. The summed E-state index contributed by atoms with van der Waals surface area (Å²) in [6, 6.07) is 31.9. The summed E-state index contributed by atoms with van der Waals surface area (Å²) in [5.41, 5.74) is 0. The molecule has 0 unspecified atom stereocenters. The molecular formula is C45H57N2O6PS. The van der Waals surface area contributed by atoms with Crippen molar-refractivity contribution in [1.29, 1.82) is 0 Å². The van der Waals surface area contributed by atoms with Crippen molar-refractivity contribution >= 4 is 58.2 Å². The van der Waals surface area contributed by atoms with Crippen LogP contribution in [0.2, 0.25) is 0 Å². The molecule has 4 N–H and O–H groups in total. The summed E-state index contributed by atoms with van der Waals surface area (Å²) in [4.78, 5) is 34.2. The number of carboxylic acids is 2. The van der Waals surface area contributed by atoms with Crippen LogP contribution in [0.15, 0.2) is 127 Å². The second-order valence-electron chi connectivity index (χ2n) is 14.1. The fourth-order valence-corrected chi connectivity index (χ4v) is 12.4. The predicted molar refractivity (Wildman–Crippen MR) is 231 cm³/mol. The van der Waals surface area contributed by atoms with Crippen LogP contribution in [-0.2, 0) is 19.1 Å². The molecule has 0 saturated carbocycles. The monoisotopic (exact) mass is 784 g/mol. The molecule has 294 valence electrons. The standard InChI is InChI=1S/C23H23O2P.C22H34N2O4S/c24-23(25)18-10-11-19-26(20-12-4-1-5-13-20,21-14-6-2-7-15-21)22-16-8-3-9-17-22;1-2-3-8-13-23-21(29)14-20(25)24-15-17-16(18-11-12-19(17)28-18)9-6-4-5-7-10-22(26)27/h1-17,26H,18-19H2,(H,24,25);4,6-7,10,16-19H,2-3,5,8-9,11-15H2,1H3,(H,23,29)(H,24,25)(H,26,27)/b;6-4-,10-7+/t;16-,17+,18-,19+/m.1/s1. The van der Waals surface area contributed by atoms with Crippen molar-refractivity contribution in [2.75, 3.05) is 19.3 Å². The number of hydrogen-bond acceptors (Lipinski definition) is 5. The third-order valence-corrected chi connectivity index (χ3v) is 15.4. The number of aliphatic carboxylic acids is 2. The Hall–Kier alpha value is -4.43. The van der Waals surface area contributed by atoms with Crippen molar-refractivity contribution in [2.24, 2.45) is 11.8 Å². The van der Waals surface area contributed by atoms with Gasteiger partial charge in [0.1, 0.15) is 0 Å². The molecule has 2 aliphatic rings. The van der Waals surface area contributed by atoms with E-state index in [1.54, 1.807) is 12.2 Å². The normalized spacial score (nSPS) is 19.3. The van der Waals surface area contributed by atoms with Crippen molar-refractivity contribution in [3.63, 3.8) is 0 Å². The van der Waals surface area contributed by atoms with Gasteiger partial charge in [0.05, 0.1) is 23.6 Å². The summed E-state index contributed by atoms with van der Waals surface area (Å²) in [6.07, 6.45) is 19.4. The predicted octanol–water partition coefficient (Wildman–Crippen LogP) is 7.11. The van der Waals surface area contributed by atoms with Gasteiger partial charge in [0, 0.05) is 25.1 Å². The summed E-state index contributed by atoms with van der Waals surface area (Å²) < 4.78 is 6.08. The van der Waals surface area contributed by atoms with Gasteiger partial charge >= 0.3 is 161 Å². The van der Waals surface area contributed by atoms with Crippen molar-refractivity contribution in [3.05, 3.63) is 127 Å². The number of thiocarbonyl (C=S) groups is 1. The van der Waals surface area contributed by atoms with E-state index in [9.17, 15) is 14.4 Å². The SMILES string of the molecule is CCCCCNC(=S)CC(=O)NC[C@H]1[C@@H](C/C=C\C/C=C/C(=O)O)[C@H]2CC[C@@H]1O2.O=C(O)CC=CC[PH](c1ccccc1)(c1ccccc1)c1ccccc1. The van der Waals surface area contributed by atoms with Crippen LogP contribution in [0.3, 0.4) is 0 Å². The van der Waals surface area contributed by atoms with Crippen LogP contribution in [-0.4, -0.2) is 64.5 Å². The number of unbranched alkanes of at least 4 members (excludes halogenated alkanes) is 2. The summed E-state index contributed by atoms with van der Waals surface area (Å²) in [7, 11) is -2.28. The minimum atomic E-state index is -2.28. The molecule has 0 radical (unpaired) electrons. The molecule has 0 aliphatic carbocycles. The minimum absolute atomic E-state index is 0.0335. The first-order valence-corrected chi connectivity index (χ1v) is 22.1. The molecule has 0 aromatic heterocycles. The van der Waals surface area contributed by atoms with Crippen molar-refractivity contribution < 1.29 is 29.3 Å². The number of amides is 1. The van der Waals surface area contributed by atoms with Gasteiger partial charge in [-0.15, -0.1) is 0 Å². The fraction of sp³-hybridized carbons (Fsp3) is 0.378. The molecule has 55 heavy (non-hydrogen) atoms. The van der Waals surface area contributed by atoms with Crippen molar-refractivity contribution in [3.8, 4) is 0 Å². The number of hydrogen-bond donors (Lipinski definition) is 4. The molecule has 3 aromatic carbocycles. The van der Waals surface area contributed by atoms with E-state index in [-0.39, 0.29) is 31.0 Å². The third-order valence-electron chi connectivity index (χ3n) is 10.3. The van der Waals surface area contributed by atoms with Crippen molar-refractivity contribution in [1.82, 2.24) is 10.6 Å². The number of carbonyl (C=O) groups excluding carboxylic acids is 1. The first-order chi connectivity index (χ1) is 26.7. The number of allylic oxidation sites excluding steroid dienone is 4. The van der Waals surface area contributed by atoms with E-state index in [0.29, 0.717) is 29.8 Å². The average Bonchev–Trinajstić information content (AvgIpc) is 3.81. The number of carboxylic acid groups (broad SMARTS) is 2. The molecule has 2 aliphatic heterocycles. The Morgan fingerprint density at radius 3 is 1.89 bits per heavy atom. The quantitative estimate of drug-likeness (QED) is 0.0314. The maximum atomic E-state index is 12.3. The van der Waals surface area contributed by atoms with E-state index in [0.717, 1.165) is 57.3 Å². The maximum absolute atomic E-state index is 12.3. The van der Waals surface area contributed by atoms with Gasteiger partial charge in [0.25, 0.3) is 0 Å². The Kier molecular flexibility index (Phi) is 18.5. The zero-order valence-corrected chi connectivity index (χ0v) is 33.7. The molecule has 10 heteroatoms. The zero-order chi connectivity index (χ0) is 39.3. The van der Waals surface area contributed by atoms with E-state index >= 15 is 0 Å². The molecule has 4 atom stereocenters. The molecule has 5 rings (SSSR count). The Morgan fingerprint density at radius 2 is 1.35 bits per heavy atom. The van der Waals surface area contributed by atoms with Gasteiger partial charge in [-0.05, 0) is 38.0 Å². The second kappa shape index (κ2) is 23.5. The van der Waals surface area contributed by atoms with Crippen LogP contribution in [0, 0.1) is 11.8 Å². The Balaban J connectivity index is 0.000000246. The van der Waals surface area contributed by atoms with E-state index in [1.807, 2.05) is 30.4 Å². The van der Waals surface area contributed by atoms with Gasteiger partial charge in [0.15, 0.2) is 0 Å². The number of benzene rings is 3. The Labute approximate surface area is 332 Å². The van der Waals surface area contributed by atoms with E-state index in [4.69, 9.17) is 27.2 Å². The van der Waals surface area contributed by atoms with E-state index in [1.165, 1.54) is 15.9 Å². The number of fused-ring (bicyclic) bond motifs is 2. The molecule has 2 saturated heterocycles. The molecule has 2 heterocycles. The summed E-state index contributed by atoms with van der Waals surface area (Å²) in [5, 5.41) is 27.8. The van der Waals surface area contributed by atoms with Gasteiger partial charge in [-0.3, -0.25) is 4.79 Å². The van der Waals surface area contributed by atoms with Crippen LogP contribution in [0.5, 0.6) is 0 Å². The van der Waals surface area contributed by atoms with Crippen LogP contribution >= 0.6 is 19.5 Å². The topological polar surface area (TPSA) is 125 Å². The second-order valence-corrected chi connectivity index (χ2v) is 18.6. The zero-order valence-electron chi connectivity index (χ0n) is 31.9. The molecule has 2 fully saturated rings. The van der Waals surface area contributed by atoms with Gasteiger partial charge in [-0.25, -0.2) is 4.79 Å². The number of ether oxygens (including phenoxy) is 1. The number of nitrogens with one attached hydrogen (secondary N) is 2. The molecule has 8 nitrogen and oxygen atoms in total. The van der Waals surface area contributed by atoms with Crippen LogP contribution in [0.1, 0.15) is 64.7 Å². The third kappa shape index (κ3) is 13.7. The Morgan fingerprint density at radius 1 is 0.764 bits per heavy atom. The van der Waals surface area contributed by atoms with Gasteiger partial charge < -0.3 is 20.5 Å². The van der Waals surface area contributed by atoms with Gasteiger partial charge in [0.2, 0.25) is 5.91 Å². The van der Waals surface area contributed by atoms with Crippen LogP contribution < -0.4 is 26.5 Å². The number of rotatable bonds is 20. The first-order valence-electron chi connectivity index (χ1n) is 19.5. The molecule has 2 bridgehead atoms.